The Morgan fingerprint density at radius 3 is 2.81 bits per heavy atom. The van der Waals surface area contributed by atoms with Crippen LogP contribution in [0.1, 0.15) is 26.7 Å². The van der Waals surface area contributed by atoms with E-state index in [1.807, 2.05) is 0 Å². The van der Waals surface area contributed by atoms with Crippen LogP contribution in [0.2, 0.25) is 0 Å². The number of ether oxygens (including phenoxy) is 2. The molecular formula is C17H22F3N3O3. The third kappa shape index (κ3) is 4.20. The van der Waals surface area contributed by atoms with Crippen LogP contribution < -0.4 is 20.1 Å². The first kappa shape index (κ1) is 18.8. The lowest BCUT2D eigenvalue weighted by atomic mass is 9.91. The number of carbonyl (C=O) groups excluding carboxylic acids is 1. The molecule has 2 fully saturated rings. The van der Waals surface area contributed by atoms with Crippen LogP contribution in [0.5, 0.6) is 11.6 Å². The van der Waals surface area contributed by atoms with E-state index >= 15 is 0 Å². The smallest absolute Gasteiger partial charge is 0.474 e. The van der Waals surface area contributed by atoms with Crippen LogP contribution in [-0.2, 0) is 4.79 Å². The Kier molecular flexibility index (Phi) is 4.76. The van der Waals surface area contributed by atoms with Crippen LogP contribution in [0.4, 0.5) is 13.2 Å². The van der Waals surface area contributed by atoms with E-state index in [0.29, 0.717) is 0 Å². The number of hydrogen-bond donors (Lipinski definition) is 2. The second-order valence-corrected chi connectivity index (χ2v) is 7.55. The third-order valence-corrected chi connectivity index (χ3v) is 4.91. The number of alkyl halides is 3. The lowest BCUT2D eigenvalue weighted by molar-refractivity contribution is -0.275. The van der Waals surface area contributed by atoms with Gasteiger partial charge in [0, 0.05) is 30.7 Å². The fraction of sp³-hybridized carbons (Fsp3) is 0.647. The number of amides is 1. The Bertz CT molecular complexity index is 675. The normalized spacial score (nSPS) is 21.5. The summed E-state index contributed by atoms with van der Waals surface area (Å²) in [6.45, 7) is 4.86. The summed E-state index contributed by atoms with van der Waals surface area (Å²) in [5.41, 5.74) is -0.771. The van der Waals surface area contributed by atoms with Crippen molar-refractivity contribution in [3.63, 3.8) is 0 Å². The van der Waals surface area contributed by atoms with E-state index in [0.717, 1.165) is 32.0 Å². The summed E-state index contributed by atoms with van der Waals surface area (Å²) in [7, 11) is 0. The minimum Gasteiger partial charge on any atom is -0.474 e. The standard InChI is InChI=1S/C17H22F3N3O3/c1-15(2,14(24)23-12-8-21-9-16(12)5-6-16)10-25-13-11(4-3-7-22-13)26-17(18,19)20/h3-4,7,12,21H,5-6,8-10H2,1-2H3,(H,23,24). The average Bonchev–Trinajstić information content (AvgIpc) is 3.22. The number of carbonyl (C=O) groups is 1. The van der Waals surface area contributed by atoms with Gasteiger partial charge in [-0.15, -0.1) is 13.2 Å². The number of nitrogens with zero attached hydrogens (tertiary/aromatic N) is 1. The van der Waals surface area contributed by atoms with Crippen molar-refractivity contribution in [2.24, 2.45) is 10.8 Å². The third-order valence-electron chi connectivity index (χ3n) is 4.91. The summed E-state index contributed by atoms with van der Waals surface area (Å²) < 4.78 is 46.7. The molecule has 26 heavy (non-hydrogen) atoms. The molecule has 144 valence electrons. The maximum absolute atomic E-state index is 12.6. The van der Waals surface area contributed by atoms with E-state index in [9.17, 15) is 18.0 Å². The second kappa shape index (κ2) is 6.61. The van der Waals surface area contributed by atoms with Crippen molar-refractivity contribution in [1.29, 1.82) is 0 Å². The van der Waals surface area contributed by atoms with Gasteiger partial charge < -0.3 is 20.1 Å². The predicted octanol–water partition coefficient (Wildman–Crippen LogP) is 2.25. The average molecular weight is 373 g/mol. The molecule has 0 bridgehead atoms. The molecule has 1 aliphatic heterocycles. The van der Waals surface area contributed by atoms with Crippen LogP contribution >= 0.6 is 0 Å². The van der Waals surface area contributed by atoms with Gasteiger partial charge in [0.2, 0.25) is 5.91 Å². The zero-order valence-corrected chi connectivity index (χ0v) is 14.7. The molecule has 1 amide bonds. The minimum atomic E-state index is -4.85. The lowest BCUT2D eigenvalue weighted by Crippen LogP contribution is -2.48. The number of rotatable bonds is 6. The molecule has 1 spiro atoms. The van der Waals surface area contributed by atoms with Gasteiger partial charge in [-0.05, 0) is 38.8 Å². The fourth-order valence-corrected chi connectivity index (χ4v) is 3.05. The van der Waals surface area contributed by atoms with E-state index in [-0.39, 0.29) is 29.9 Å². The number of nitrogens with one attached hydrogen (secondary N) is 2. The zero-order valence-electron chi connectivity index (χ0n) is 14.7. The predicted molar refractivity (Wildman–Crippen MR) is 86.7 cm³/mol. The van der Waals surface area contributed by atoms with E-state index in [1.165, 1.54) is 12.3 Å². The number of halogens is 3. The highest BCUT2D eigenvalue weighted by Crippen LogP contribution is 2.50. The summed E-state index contributed by atoms with van der Waals surface area (Å²) in [5.74, 6) is -1.04. The summed E-state index contributed by atoms with van der Waals surface area (Å²) in [4.78, 5) is 16.4. The molecule has 2 heterocycles. The van der Waals surface area contributed by atoms with Gasteiger partial charge in [-0.1, -0.05) is 0 Å². The second-order valence-electron chi connectivity index (χ2n) is 7.55. The van der Waals surface area contributed by atoms with Crippen molar-refractivity contribution < 1.29 is 27.4 Å². The first-order valence-electron chi connectivity index (χ1n) is 8.47. The van der Waals surface area contributed by atoms with Crippen LogP contribution in [0, 0.1) is 10.8 Å². The van der Waals surface area contributed by atoms with Gasteiger partial charge in [-0.25, -0.2) is 4.98 Å². The van der Waals surface area contributed by atoms with Gasteiger partial charge in [0.1, 0.15) is 6.61 Å². The largest absolute Gasteiger partial charge is 0.573 e. The first-order valence-corrected chi connectivity index (χ1v) is 8.47. The van der Waals surface area contributed by atoms with Gasteiger partial charge in [-0.3, -0.25) is 4.79 Å². The molecule has 3 rings (SSSR count). The van der Waals surface area contributed by atoms with Gasteiger partial charge in [0.25, 0.3) is 5.88 Å². The Morgan fingerprint density at radius 1 is 1.42 bits per heavy atom. The van der Waals surface area contributed by atoms with Crippen molar-refractivity contribution in [1.82, 2.24) is 15.6 Å². The lowest BCUT2D eigenvalue weighted by Gasteiger charge is -2.28. The molecular weight excluding hydrogens is 351 g/mol. The summed E-state index contributed by atoms with van der Waals surface area (Å²) in [5, 5.41) is 6.34. The van der Waals surface area contributed by atoms with Crippen molar-refractivity contribution in [2.75, 3.05) is 19.7 Å². The fourth-order valence-electron chi connectivity index (χ4n) is 3.05. The Hall–Kier alpha value is -2.03. The van der Waals surface area contributed by atoms with Crippen molar-refractivity contribution >= 4 is 5.91 Å². The molecule has 6 nitrogen and oxygen atoms in total. The summed E-state index contributed by atoms with van der Waals surface area (Å²) in [6, 6.07) is 2.51. The molecule has 1 unspecified atom stereocenters. The van der Waals surface area contributed by atoms with Crippen molar-refractivity contribution in [3.05, 3.63) is 18.3 Å². The molecule has 2 aliphatic rings. The SMILES string of the molecule is CC(C)(COc1ncccc1OC(F)(F)F)C(=O)NC1CNCC12CC2. The van der Waals surface area contributed by atoms with E-state index in [2.05, 4.69) is 20.4 Å². The molecule has 1 aliphatic carbocycles. The summed E-state index contributed by atoms with van der Waals surface area (Å²) in [6.07, 6.45) is -1.36. The van der Waals surface area contributed by atoms with Crippen LogP contribution in [0.25, 0.3) is 0 Å². The van der Waals surface area contributed by atoms with Crippen LogP contribution in [-0.4, -0.2) is 43.0 Å². The Labute approximate surface area is 149 Å². The van der Waals surface area contributed by atoms with Crippen molar-refractivity contribution in [3.8, 4) is 11.6 Å². The Morgan fingerprint density at radius 2 is 2.15 bits per heavy atom. The Balaban J connectivity index is 1.60. The van der Waals surface area contributed by atoms with Crippen LogP contribution in [0.15, 0.2) is 18.3 Å². The first-order chi connectivity index (χ1) is 12.1. The maximum Gasteiger partial charge on any atom is 0.573 e. The highest BCUT2D eigenvalue weighted by molar-refractivity contribution is 5.82. The van der Waals surface area contributed by atoms with E-state index in [4.69, 9.17) is 4.74 Å². The minimum absolute atomic E-state index is 0.0771. The van der Waals surface area contributed by atoms with Crippen molar-refractivity contribution in [2.45, 2.75) is 39.1 Å². The molecule has 1 atom stereocenters. The molecule has 0 aromatic carbocycles. The molecule has 9 heteroatoms. The number of hydrogen-bond acceptors (Lipinski definition) is 5. The number of aromatic nitrogens is 1. The monoisotopic (exact) mass is 373 g/mol. The number of pyridine rings is 1. The highest BCUT2D eigenvalue weighted by atomic mass is 19.4. The quantitative estimate of drug-likeness (QED) is 0.800. The van der Waals surface area contributed by atoms with Crippen LogP contribution in [0.3, 0.4) is 0 Å². The maximum atomic E-state index is 12.6. The molecule has 0 radical (unpaired) electrons. The van der Waals surface area contributed by atoms with Gasteiger partial charge in [0.15, 0.2) is 5.75 Å². The molecule has 2 N–H and O–H groups in total. The van der Waals surface area contributed by atoms with Gasteiger partial charge in [0.05, 0.1) is 5.41 Å². The van der Waals surface area contributed by atoms with E-state index in [1.54, 1.807) is 13.8 Å². The van der Waals surface area contributed by atoms with Gasteiger partial charge in [-0.2, -0.15) is 0 Å². The zero-order chi connectivity index (χ0) is 19.0. The molecule has 1 saturated heterocycles. The molecule has 1 saturated carbocycles. The highest BCUT2D eigenvalue weighted by Gasteiger charge is 2.53. The topological polar surface area (TPSA) is 72.5 Å². The molecule has 1 aromatic heterocycles. The van der Waals surface area contributed by atoms with E-state index < -0.39 is 17.5 Å². The molecule has 1 aromatic rings. The van der Waals surface area contributed by atoms with Gasteiger partial charge >= 0.3 is 6.36 Å². The summed E-state index contributed by atoms with van der Waals surface area (Å²) >= 11 is 0.